The van der Waals surface area contributed by atoms with Crippen molar-refractivity contribution < 1.29 is 8.78 Å². The van der Waals surface area contributed by atoms with Crippen LogP contribution < -0.4 is 5.73 Å². The molecule has 4 heteroatoms. The number of halogens is 2. The minimum Gasteiger partial charge on any atom is -0.361 e. The lowest BCUT2D eigenvalue weighted by molar-refractivity contribution is 0.0632. The molecule has 1 atom stereocenters. The number of nitrogens with two attached hydrogens (primary N) is 1. The Hall–Kier alpha value is -1.42. The number of alkyl halides is 2. The molecule has 1 aromatic carbocycles. The van der Waals surface area contributed by atoms with Crippen molar-refractivity contribution in [1.82, 2.24) is 4.98 Å². The van der Waals surface area contributed by atoms with E-state index in [1.165, 1.54) is 6.92 Å². The fraction of sp³-hybridized carbons (Fsp3) is 0.273. The quantitative estimate of drug-likeness (QED) is 0.786. The number of nitrogens with one attached hydrogen (secondary N) is 1. The summed E-state index contributed by atoms with van der Waals surface area (Å²) in [5.74, 6) is 0. The number of rotatable bonds is 2. The lowest BCUT2D eigenvalue weighted by Crippen LogP contribution is -2.40. The second-order valence-electron chi connectivity index (χ2n) is 3.83. The van der Waals surface area contributed by atoms with Crippen LogP contribution in [0.2, 0.25) is 0 Å². The number of para-hydroxylation sites is 1. The third-order valence-electron chi connectivity index (χ3n) is 2.62. The first-order valence-corrected chi connectivity index (χ1v) is 4.67. The van der Waals surface area contributed by atoms with Gasteiger partial charge in [0, 0.05) is 11.8 Å². The van der Waals surface area contributed by atoms with Crippen LogP contribution >= 0.6 is 0 Å². The van der Waals surface area contributed by atoms with Crippen molar-refractivity contribution >= 4 is 10.9 Å². The van der Waals surface area contributed by atoms with E-state index in [0.717, 1.165) is 5.39 Å². The Bertz CT molecular complexity index is 474. The molecule has 3 N–H and O–H groups in total. The van der Waals surface area contributed by atoms with Gasteiger partial charge in [0.2, 0.25) is 0 Å². The highest BCUT2D eigenvalue weighted by Crippen LogP contribution is 2.30. The van der Waals surface area contributed by atoms with Crippen LogP contribution in [-0.2, 0) is 5.54 Å². The first-order valence-electron chi connectivity index (χ1n) is 4.67. The Kier molecular flexibility index (Phi) is 2.23. The first-order chi connectivity index (χ1) is 7.03. The van der Waals surface area contributed by atoms with E-state index in [4.69, 9.17) is 5.73 Å². The second-order valence-corrected chi connectivity index (χ2v) is 3.83. The molecule has 1 heterocycles. The molecule has 0 bridgehead atoms. The van der Waals surface area contributed by atoms with Gasteiger partial charge in [-0.1, -0.05) is 18.2 Å². The molecule has 0 spiro atoms. The van der Waals surface area contributed by atoms with Gasteiger partial charge in [-0.15, -0.1) is 0 Å². The topological polar surface area (TPSA) is 41.8 Å². The standard InChI is InChI=1S/C11H12F2N2/c1-11(14,10(12)13)8-4-2-3-7-5-6-15-9(7)8/h2-6,10,15H,14H2,1H3. The van der Waals surface area contributed by atoms with E-state index in [0.29, 0.717) is 11.1 Å². The van der Waals surface area contributed by atoms with Gasteiger partial charge in [-0.3, -0.25) is 0 Å². The highest BCUT2D eigenvalue weighted by atomic mass is 19.3. The smallest absolute Gasteiger partial charge is 0.260 e. The fourth-order valence-electron chi connectivity index (χ4n) is 1.65. The summed E-state index contributed by atoms with van der Waals surface area (Å²) >= 11 is 0. The average molecular weight is 210 g/mol. The highest BCUT2D eigenvalue weighted by molar-refractivity contribution is 5.83. The Balaban J connectivity index is 2.65. The largest absolute Gasteiger partial charge is 0.361 e. The normalized spacial score (nSPS) is 15.8. The van der Waals surface area contributed by atoms with E-state index in [-0.39, 0.29) is 0 Å². The van der Waals surface area contributed by atoms with Gasteiger partial charge < -0.3 is 10.7 Å². The molecular weight excluding hydrogens is 198 g/mol. The van der Waals surface area contributed by atoms with Crippen molar-refractivity contribution in [2.75, 3.05) is 0 Å². The summed E-state index contributed by atoms with van der Waals surface area (Å²) < 4.78 is 25.6. The van der Waals surface area contributed by atoms with Crippen molar-refractivity contribution in [3.05, 3.63) is 36.0 Å². The molecule has 0 saturated heterocycles. The third-order valence-corrected chi connectivity index (χ3v) is 2.62. The SMILES string of the molecule is CC(N)(c1cccc2cc[nH]c12)C(F)F. The Morgan fingerprint density at radius 3 is 2.73 bits per heavy atom. The summed E-state index contributed by atoms with van der Waals surface area (Å²) in [5, 5.41) is 0.893. The van der Waals surface area contributed by atoms with Crippen LogP contribution in [0.25, 0.3) is 10.9 Å². The fourth-order valence-corrected chi connectivity index (χ4v) is 1.65. The van der Waals surface area contributed by atoms with Gasteiger partial charge in [-0.25, -0.2) is 8.78 Å². The van der Waals surface area contributed by atoms with Gasteiger partial charge in [0.1, 0.15) is 5.54 Å². The molecule has 0 saturated carbocycles. The molecular formula is C11H12F2N2. The van der Waals surface area contributed by atoms with Crippen molar-refractivity contribution in [2.24, 2.45) is 5.73 Å². The van der Waals surface area contributed by atoms with Crippen molar-refractivity contribution in [2.45, 2.75) is 18.9 Å². The number of hydrogen-bond acceptors (Lipinski definition) is 1. The number of hydrogen-bond donors (Lipinski definition) is 2. The second kappa shape index (κ2) is 3.31. The molecule has 0 amide bonds. The summed E-state index contributed by atoms with van der Waals surface area (Å²) in [7, 11) is 0. The van der Waals surface area contributed by atoms with E-state index < -0.39 is 12.0 Å². The number of aromatic amines is 1. The molecule has 2 rings (SSSR count). The highest BCUT2D eigenvalue weighted by Gasteiger charge is 2.33. The van der Waals surface area contributed by atoms with Gasteiger partial charge >= 0.3 is 0 Å². The first kappa shape index (κ1) is 10.1. The van der Waals surface area contributed by atoms with Crippen LogP contribution in [0.5, 0.6) is 0 Å². The maximum atomic E-state index is 12.8. The van der Waals surface area contributed by atoms with Crippen LogP contribution in [0.1, 0.15) is 12.5 Å². The molecule has 1 aromatic heterocycles. The Morgan fingerprint density at radius 1 is 1.33 bits per heavy atom. The molecule has 0 radical (unpaired) electrons. The maximum absolute atomic E-state index is 12.8. The summed E-state index contributed by atoms with van der Waals surface area (Å²) in [6.45, 7) is 1.34. The lowest BCUT2D eigenvalue weighted by Gasteiger charge is -2.24. The van der Waals surface area contributed by atoms with E-state index in [1.54, 1.807) is 18.3 Å². The molecule has 80 valence electrons. The Morgan fingerprint density at radius 2 is 2.07 bits per heavy atom. The predicted octanol–water partition coefficient (Wildman–Crippen LogP) is 2.61. The molecule has 15 heavy (non-hydrogen) atoms. The zero-order valence-electron chi connectivity index (χ0n) is 8.30. The molecule has 0 fully saturated rings. The van der Waals surface area contributed by atoms with Gasteiger partial charge in [0.15, 0.2) is 0 Å². The lowest BCUT2D eigenvalue weighted by atomic mass is 9.92. The van der Waals surface area contributed by atoms with E-state index in [1.807, 2.05) is 12.1 Å². The van der Waals surface area contributed by atoms with Crippen molar-refractivity contribution in [3.63, 3.8) is 0 Å². The number of fused-ring (bicyclic) bond motifs is 1. The minimum atomic E-state index is -2.59. The molecule has 0 aliphatic rings. The van der Waals surface area contributed by atoms with Gasteiger partial charge in [0.25, 0.3) is 6.43 Å². The van der Waals surface area contributed by atoms with Crippen LogP contribution in [0.4, 0.5) is 8.78 Å². The maximum Gasteiger partial charge on any atom is 0.260 e. The predicted molar refractivity (Wildman–Crippen MR) is 55.8 cm³/mol. The number of H-pyrrole nitrogens is 1. The molecule has 2 nitrogen and oxygen atoms in total. The number of aromatic nitrogens is 1. The molecule has 2 aromatic rings. The van der Waals surface area contributed by atoms with Crippen LogP contribution in [0.3, 0.4) is 0 Å². The van der Waals surface area contributed by atoms with Crippen molar-refractivity contribution in [3.8, 4) is 0 Å². The zero-order chi connectivity index (χ0) is 11.1. The molecule has 1 unspecified atom stereocenters. The van der Waals surface area contributed by atoms with Crippen LogP contribution in [0.15, 0.2) is 30.5 Å². The molecule has 0 aliphatic carbocycles. The van der Waals surface area contributed by atoms with Crippen LogP contribution in [0, 0.1) is 0 Å². The molecule has 0 aliphatic heterocycles. The summed E-state index contributed by atoms with van der Waals surface area (Å²) in [6.07, 6.45) is -0.873. The van der Waals surface area contributed by atoms with E-state index in [9.17, 15) is 8.78 Å². The average Bonchev–Trinajstić information content (AvgIpc) is 2.64. The monoisotopic (exact) mass is 210 g/mol. The van der Waals surface area contributed by atoms with E-state index in [2.05, 4.69) is 4.98 Å². The van der Waals surface area contributed by atoms with Gasteiger partial charge in [0.05, 0.1) is 5.52 Å². The summed E-state index contributed by atoms with van der Waals surface area (Å²) in [6, 6.07) is 7.06. The number of benzene rings is 1. The van der Waals surface area contributed by atoms with Crippen molar-refractivity contribution in [1.29, 1.82) is 0 Å². The van der Waals surface area contributed by atoms with Gasteiger partial charge in [-0.2, -0.15) is 0 Å². The van der Waals surface area contributed by atoms with Crippen LogP contribution in [-0.4, -0.2) is 11.4 Å². The Labute approximate surface area is 86.1 Å². The summed E-state index contributed by atoms with van der Waals surface area (Å²) in [4.78, 5) is 2.94. The van der Waals surface area contributed by atoms with Gasteiger partial charge in [-0.05, 0) is 18.4 Å². The zero-order valence-corrected chi connectivity index (χ0v) is 8.30. The van der Waals surface area contributed by atoms with E-state index >= 15 is 0 Å². The summed E-state index contributed by atoms with van der Waals surface area (Å²) in [5.41, 5.74) is 5.14. The minimum absolute atomic E-state index is 0.444. The third kappa shape index (κ3) is 1.51.